The van der Waals surface area contributed by atoms with E-state index in [-0.39, 0.29) is 22.6 Å². The van der Waals surface area contributed by atoms with Crippen LogP contribution in [-0.4, -0.2) is 63.9 Å². The Bertz CT molecular complexity index is 829. The van der Waals surface area contributed by atoms with Gasteiger partial charge in [0, 0.05) is 38.5 Å². The molecule has 1 saturated carbocycles. The van der Waals surface area contributed by atoms with Gasteiger partial charge in [0.1, 0.15) is 0 Å². The molecular weight excluding hydrogens is 418 g/mol. The summed E-state index contributed by atoms with van der Waals surface area (Å²) in [6, 6.07) is 6.70. The second kappa shape index (κ2) is 11.6. The van der Waals surface area contributed by atoms with E-state index in [4.69, 9.17) is 4.74 Å². The molecule has 0 radical (unpaired) electrons. The van der Waals surface area contributed by atoms with Gasteiger partial charge in [-0.1, -0.05) is 31.4 Å². The lowest BCUT2D eigenvalue weighted by molar-refractivity contribution is -0.126. The Kier molecular flexibility index (Phi) is 8.86. The fourth-order valence-corrected chi connectivity index (χ4v) is 5.42. The fraction of sp³-hybridized carbons (Fsp3) is 0.636. The number of carbonyl (C=O) groups is 2. The molecule has 1 aliphatic carbocycles. The van der Waals surface area contributed by atoms with E-state index in [9.17, 15) is 18.0 Å². The zero-order valence-electron chi connectivity index (χ0n) is 18.0. The van der Waals surface area contributed by atoms with Crippen molar-refractivity contribution in [2.75, 3.05) is 39.4 Å². The summed E-state index contributed by atoms with van der Waals surface area (Å²) in [6.45, 7) is 2.41. The SMILES string of the molecule is O=C(CCc1ccc(S(=O)(=O)N2CCOCC2)cc1)NCCNC(=O)C1CCCCC1. The Balaban J connectivity index is 1.35. The van der Waals surface area contributed by atoms with Crippen LogP contribution in [0.1, 0.15) is 44.1 Å². The lowest BCUT2D eigenvalue weighted by Gasteiger charge is -2.26. The number of hydrogen-bond donors (Lipinski definition) is 2. The van der Waals surface area contributed by atoms with E-state index in [1.807, 2.05) is 0 Å². The summed E-state index contributed by atoms with van der Waals surface area (Å²) < 4.78 is 31.9. The Hall–Kier alpha value is -1.97. The topological polar surface area (TPSA) is 105 Å². The molecule has 1 aliphatic heterocycles. The van der Waals surface area contributed by atoms with Crippen LogP contribution in [0.2, 0.25) is 0 Å². The van der Waals surface area contributed by atoms with Crippen molar-refractivity contribution in [3.05, 3.63) is 29.8 Å². The molecule has 1 heterocycles. The first-order valence-corrected chi connectivity index (χ1v) is 12.6. The molecule has 2 fully saturated rings. The Morgan fingerprint density at radius 1 is 0.968 bits per heavy atom. The van der Waals surface area contributed by atoms with E-state index < -0.39 is 10.0 Å². The van der Waals surface area contributed by atoms with Gasteiger partial charge < -0.3 is 15.4 Å². The first-order valence-electron chi connectivity index (χ1n) is 11.2. The van der Waals surface area contributed by atoms with E-state index in [0.717, 1.165) is 31.2 Å². The lowest BCUT2D eigenvalue weighted by atomic mass is 9.89. The molecule has 2 aliphatic rings. The van der Waals surface area contributed by atoms with Crippen molar-refractivity contribution in [2.24, 2.45) is 5.92 Å². The third kappa shape index (κ3) is 7.02. The van der Waals surface area contributed by atoms with Crippen LogP contribution in [-0.2, 0) is 30.8 Å². The number of ether oxygens (including phenoxy) is 1. The molecule has 1 aromatic rings. The largest absolute Gasteiger partial charge is 0.379 e. The molecule has 0 atom stereocenters. The molecule has 0 unspecified atom stereocenters. The average molecular weight is 452 g/mol. The minimum atomic E-state index is -3.50. The van der Waals surface area contributed by atoms with Gasteiger partial charge in [-0.05, 0) is 37.0 Å². The van der Waals surface area contributed by atoms with Gasteiger partial charge >= 0.3 is 0 Å². The lowest BCUT2D eigenvalue weighted by Crippen LogP contribution is -2.40. The predicted molar refractivity (Wildman–Crippen MR) is 117 cm³/mol. The summed E-state index contributed by atoms with van der Waals surface area (Å²) in [4.78, 5) is 24.4. The van der Waals surface area contributed by atoms with Gasteiger partial charge in [-0.3, -0.25) is 9.59 Å². The zero-order chi connectivity index (χ0) is 22.1. The van der Waals surface area contributed by atoms with Gasteiger partial charge in [0.2, 0.25) is 21.8 Å². The van der Waals surface area contributed by atoms with Crippen LogP contribution in [0.5, 0.6) is 0 Å². The summed E-state index contributed by atoms with van der Waals surface area (Å²) in [5.74, 6) is 0.137. The smallest absolute Gasteiger partial charge is 0.243 e. The monoisotopic (exact) mass is 451 g/mol. The highest BCUT2D eigenvalue weighted by Gasteiger charge is 2.26. The van der Waals surface area contributed by atoms with Crippen LogP contribution >= 0.6 is 0 Å². The molecule has 0 bridgehead atoms. The Labute approximate surface area is 184 Å². The van der Waals surface area contributed by atoms with Gasteiger partial charge in [-0.15, -0.1) is 0 Å². The van der Waals surface area contributed by atoms with Crippen LogP contribution in [0.25, 0.3) is 0 Å². The van der Waals surface area contributed by atoms with Crippen LogP contribution in [0.3, 0.4) is 0 Å². The molecule has 9 heteroatoms. The van der Waals surface area contributed by atoms with Crippen molar-refractivity contribution < 1.29 is 22.7 Å². The summed E-state index contributed by atoms with van der Waals surface area (Å²) in [6.07, 6.45) is 6.22. The summed E-state index contributed by atoms with van der Waals surface area (Å²) in [5.41, 5.74) is 0.904. The quantitative estimate of drug-likeness (QED) is 0.553. The van der Waals surface area contributed by atoms with Crippen molar-refractivity contribution in [2.45, 2.75) is 49.8 Å². The highest BCUT2D eigenvalue weighted by Crippen LogP contribution is 2.23. The van der Waals surface area contributed by atoms with E-state index >= 15 is 0 Å². The van der Waals surface area contributed by atoms with Gasteiger partial charge in [-0.25, -0.2) is 8.42 Å². The van der Waals surface area contributed by atoms with Gasteiger partial charge in [0.05, 0.1) is 18.1 Å². The normalized spacial score (nSPS) is 18.5. The molecule has 2 amide bonds. The number of aryl methyl sites for hydroxylation is 1. The van der Waals surface area contributed by atoms with E-state index in [2.05, 4.69) is 10.6 Å². The zero-order valence-corrected chi connectivity index (χ0v) is 18.8. The minimum absolute atomic E-state index is 0.0862. The number of sulfonamides is 1. The molecular formula is C22H33N3O5S. The third-order valence-corrected chi connectivity index (χ3v) is 7.81. The number of nitrogens with one attached hydrogen (secondary N) is 2. The number of nitrogens with zero attached hydrogens (tertiary/aromatic N) is 1. The van der Waals surface area contributed by atoms with Gasteiger partial charge in [0.15, 0.2) is 0 Å². The molecule has 3 rings (SSSR count). The van der Waals surface area contributed by atoms with Gasteiger partial charge in [0.25, 0.3) is 0 Å². The highest BCUT2D eigenvalue weighted by molar-refractivity contribution is 7.89. The minimum Gasteiger partial charge on any atom is -0.379 e. The van der Waals surface area contributed by atoms with E-state index in [1.54, 1.807) is 24.3 Å². The summed E-state index contributed by atoms with van der Waals surface area (Å²) >= 11 is 0. The predicted octanol–water partition coefficient (Wildman–Crippen LogP) is 1.45. The van der Waals surface area contributed by atoms with Crippen molar-refractivity contribution in [1.29, 1.82) is 0 Å². The molecule has 31 heavy (non-hydrogen) atoms. The number of amides is 2. The maximum Gasteiger partial charge on any atom is 0.243 e. The number of rotatable bonds is 9. The fourth-order valence-electron chi connectivity index (χ4n) is 4.01. The second-order valence-corrected chi connectivity index (χ2v) is 10.1. The maximum absolute atomic E-state index is 12.6. The molecule has 1 saturated heterocycles. The molecule has 1 aromatic carbocycles. The molecule has 0 spiro atoms. The molecule has 0 aromatic heterocycles. The van der Waals surface area contributed by atoms with E-state index in [1.165, 1.54) is 10.7 Å². The van der Waals surface area contributed by atoms with Crippen molar-refractivity contribution in [3.8, 4) is 0 Å². The Morgan fingerprint density at radius 2 is 1.61 bits per heavy atom. The standard InChI is InChI=1S/C22H33N3O5S/c26-21(23-12-13-24-22(27)19-4-2-1-3-5-19)11-8-18-6-9-20(10-7-18)31(28,29)25-14-16-30-17-15-25/h6-7,9-10,19H,1-5,8,11-17H2,(H,23,26)(H,24,27). The van der Waals surface area contributed by atoms with Crippen molar-refractivity contribution in [3.63, 3.8) is 0 Å². The van der Waals surface area contributed by atoms with Crippen LogP contribution < -0.4 is 10.6 Å². The molecule has 8 nitrogen and oxygen atoms in total. The summed E-state index contributed by atoms with van der Waals surface area (Å²) in [5, 5.41) is 5.73. The number of carbonyl (C=O) groups excluding carboxylic acids is 2. The molecule has 172 valence electrons. The van der Waals surface area contributed by atoms with E-state index in [0.29, 0.717) is 52.2 Å². The van der Waals surface area contributed by atoms with Crippen LogP contribution in [0, 0.1) is 5.92 Å². The number of benzene rings is 1. The third-order valence-electron chi connectivity index (χ3n) is 5.89. The van der Waals surface area contributed by atoms with Crippen LogP contribution in [0.4, 0.5) is 0 Å². The van der Waals surface area contributed by atoms with Crippen LogP contribution in [0.15, 0.2) is 29.2 Å². The summed E-state index contributed by atoms with van der Waals surface area (Å²) in [7, 11) is -3.50. The average Bonchev–Trinajstić information content (AvgIpc) is 2.81. The van der Waals surface area contributed by atoms with Crippen molar-refractivity contribution >= 4 is 21.8 Å². The maximum atomic E-state index is 12.6. The highest BCUT2D eigenvalue weighted by atomic mass is 32.2. The molecule has 2 N–H and O–H groups in total. The second-order valence-electron chi connectivity index (χ2n) is 8.14. The number of hydrogen-bond acceptors (Lipinski definition) is 5. The first kappa shape index (κ1) is 23.7. The Morgan fingerprint density at radius 3 is 2.29 bits per heavy atom. The first-order chi connectivity index (χ1) is 15.0. The number of morpholine rings is 1. The van der Waals surface area contributed by atoms with Gasteiger partial charge in [-0.2, -0.15) is 4.31 Å². The van der Waals surface area contributed by atoms with Crippen molar-refractivity contribution in [1.82, 2.24) is 14.9 Å².